The van der Waals surface area contributed by atoms with E-state index < -0.39 is 11.9 Å². The standard InChI is InChI=1S/C10H10O2.C9H8O2/c1-8(10(11)12)7-9-5-3-2-4-6-9;1-7(9(10)11)8-5-3-2-4-6-8/h2-7H,1H3,(H,11,12);2-6H,1H2,(H,10,11)/b8-7+;. The van der Waals surface area contributed by atoms with Crippen LogP contribution in [0.4, 0.5) is 0 Å². The summed E-state index contributed by atoms with van der Waals surface area (Å²) in [5, 5.41) is 17.1. The van der Waals surface area contributed by atoms with Gasteiger partial charge in [-0.2, -0.15) is 0 Å². The average molecular weight is 310 g/mol. The van der Waals surface area contributed by atoms with E-state index in [2.05, 4.69) is 6.58 Å². The zero-order valence-corrected chi connectivity index (χ0v) is 12.8. The topological polar surface area (TPSA) is 74.6 Å². The third kappa shape index (κ3) is 6.44. The van der Waals surface area contributed by atoms with Crippen molar-refractivity contribution >= 4 is 23.6 Å². The normalized spacial score (nSPS) is 10.2. The van der Waals surface area contributed by atoms with Gasteiger partial charge in [-0.15, -0.1) is 0 Å². The molecule has 0 aliphatic carbocycles. The monoisotopic (exact) mass is 310 g/mol. The summed E-state index contributed by atoms with van der Waals surface area (Å²) in [5.41, 5.74) is 2.05. The first kappa shape index (κ1) is 17.9. The van der Waals surface area contributed by atoms with Gasteiger partial charge >= 0.3 is 11.9 Å². The molecule has 0 aliphatic heterocycles. The lowest BCUT2D eigenvalue weighted by Crippen LogP contribution is -1.96. The highest BCUT2D eigenvalue weighted by atomic mass is 16.4. The van der Waals surface area contributed by atoms with Crippen molar-refractivity contribution < 1.29 is 19.8 Å². The third-order valence-electron chi connectivity index (χ3n) is 2.90. The van der Waals surface area contributed by atoms with Gasteiger partial charge in [0.1, 0.15) is 0 Å². The van der Waals surface area contributed by atoms with Crippen molar-refractivity contribution in [2.45, 2.75) is 6.92 Å². The zero-order chi connectivity index (χ0) is 17.2. The summed E-state index contributed by atoms with van der Waals surface area (Å²) in [4.78, 5) is 20.8. The number of aliphatic carboxylic acids is 2. The van der Waals surface area contributed by atoms with E-state index in [-0.39, 0.29) is 5.57 Å². The molecule has 4 heteroatoms. The summed E-state index contributed by atoms with van der Waals surface area (Å²) < 4.78 is 0. The van der Waals surface area contributed by atoms with E-state index in [4.69, 9.17) is 10.2 Å². The summed E-state index contributed by atoms with van der Waals surface area (Å²) in [6.45, 7) is 5.00. The first-order valence-corrected chi connectivity index (χ1v) is 6.86. The van der Waals surface area contributed by atoms with Gasteiger partial charge in [0, 0.05) is 5.57 Å². The Hall–Kier alpha value is -3.14. The molecule has 118 valence electrons. The fourth-order valence-corrected chi connectivity index (χ4v) is 1.62. The van der Waals surface area contributed by atoms with Crippen molar-refractivity contribution in [3.8, 4) is 0 Å². The minimum atomic E-state index is -0.976. The maximum atomic E-state index is 10.4. The van der Waals surface area contributed by atoms with E-state index in [0.29, 0.717) is 11.1 Å². The molecule has 23 heavy (non-hydrogen) atoms. The Morgan fingerprint density at radius 3 is 1.78 bits per heavy atom. The molecule has 0 aliphatic rings. The van der Waals surface area contributed by atoms with Crippen molar-refractivity contribution in [2.75, 3.05) is 0 Å². The van der Waals surface area contributed by atoms with E-state index in [0.717, 1.165) is 5.56 Å². The molecule has 0 amide bonds. The average Bonchev–Trinajstić information content (AvgIpc) is 2.56. The molecular weight excluding hydrogens is 292 g/mol. The van der Waals surface area contributed by atoms with Crippen LogP contribution in [0, 0.1) is 0 Å². The molecule has 0 spiro atoms. The number of rotatable bonds is 4. The summed E-state index contributed by atoms with van der Waals surface area (Å²) in [6, 6.07) is 18.2. The van der Waals surface area contributed by atoms with E-state index in [1.54, 1.807) is 37.3 Å². The van der Waals surface area contributed by atoms with Gasteiger partial charge in [-0.1, -0.05) is 67.2 Å². The Morgan fingerprint density at radius 2 is 1.35 bits per heavy atom. The SMILES string of the molecule is C/C(=C\c1ccccc1)C(=O)O.C=C(C(=O)O)c1ccccc1. The van der Waals surface area contributed by atoms with Crippen LogP contribution in [0.2, 0.25) is 0 Å². The number of hydrogen-bond donors (Lipinski definition) is 2. The quantitative estimate of drug-likeness (QED) is 0.838. The summed E-state index contributed by atoms with van der Waals surface area (Å²) in [6.07, 6.45) is 1.64. The maximum absolute atomic E-state index is 10.4. The Balaban J connectivity index is 0.000000231. The number of carbonyl (C=O) groups is 2. The third-order valence-corrected chi connectivity index (χ3v) is 2.90. The summed E-state index contributed by atoms with van der Waals surface area (Å²) in [7, 11) is 0. The van der Waals surface area contributed by atoms with Crippen LogP contribution in [0.15, 0.2) is 72.8 Å². The molecule has 2 N–H and O–H groups in total. The Morgan fingerprint density at radius 1 is 0.870 bits per heavy atom. The van der Waals surface area contributed by atoms with E-state index in [1.165, 1.54) is 0 Å². The van der Waals surface area contributed by atoms with E-state index >= 15 is 0 Å². The van der Waals surface area contributed by atoms with Gasteiger partial charge in [0.15, 0.2) is 0 Å². The fourth-order valence-electron chi connectivity index (χ4n) is 1.62. The second-order valence-electron chi connectivity index (χ2n) is 4.69. The van der Waals surface area contributed by atoms with Crippen molar-refractivity contribution in [3.05, 3.63) is 83.9 Å². The fraction of sp³-hybridized carbons (Fsp3) is 0.0526. The first-order valence-electron chi connectivity index (χ1n) is 6.86. The molecule has 0 fully saturated rings. The van der Waals surface area contributed by atoms with Gasteiger partial charge in [-0.3, -0.25) is 0 Å². The van der Waals surface area contributed by atoms with Crippen LogP contribution in [-0.4, -0.2) is 22.2 Å². The summed E-state index contributed by atoms with van der Waals surface area (Å²) in [5.74, 6) is -1.85. The number of carboxylic acids is 2. The number of carboxylic acid groups (broad SMARTS) is 2. The van der Waals surface area contributed by atoms with Crippen molar-refractivity contribution in [2.24, 2.45) is 0 Å². The molecule has 0 unspecified atom stereocenters. The van der Waals surface area contributed by atoms with Crippen LogP contribution in [0.3, 0.4) is 0 Å². The van der Waals surface area contributed by atoms with Crippen LogP contribution in [0.5, 0.6) is 0 Å². The number of hydrogen-bond acceptors (Lipinski definition) is 2. The molecule has 0 atom stereocenters. The maximum Gasteiger partial charge on any atom is 0.335 e. The van der Waals surface area contributed by atoms with Gasteiger partial charge in [0.05, 0.1) is 5.57 Å². The van der Waals surface area contributed by atoms with Crippen molar-refractivity contribution in [1.82, 2.24) is 0 Å². The molecule has 2 rings (SSSR count). The minimum Gasteiger partial charge on any atom is -0.478 e. The molecule has 4 nitrogen and oxygen atoms in total. The first-order chi connectivity index (χ1) is 10.9. The van der Waals surface area contributed by atoms with Gasteiger partial charge in [-0.25, -0.2) is 9.59 Å². The number of benzene rings is 2. The molecule has 0 radical (unpaired) electrons. The lowest BCUT2D eigenvalue weighted by molar-refractivity contribution is -0.132. The smallest absolute Gasteiger partial charge is 0.335 e. The van der Waals surface area contributed by atoms with E-state index in [1.807, 2.05) is 36.4 Å². The lowest BCUT2D eigenvalue weighted by Gasteiger charge is -1.97. The Labute approximate surface area is 135 Å². The van der Waals surface area contributed by atoms with Crippen LogP contribution in [0.25, 0.3) is 11.6 Å². The predicted octanol–water partition coefficient (Wildman–Crippen LogP) is 3.96. The lowest BCUT2D eigenvalue weighted by atomic mass is 10.1. The zero-order valence-electron chi connectivity index (χ0n) is 12.8. The molecule has 0 saturated carbocycles. The van der Waals surface area contributed by atoms with Gasteiger partial charge in [0.2, 0.25) is 0 Å². The second-order valence-corrected chi connectivity index (χ2v) is 4.69. The molecular formula is C19H18O4. The van der Waals surface area contributed by atoms with Gasteiger partial charge in [0.25, 0.3) is 0 Å². The van der Waals surface area contributed by atoms with Crippen LogP contribution < -0.4 is 0 Å². The highest BCUT2D eigenvalue weighted by molar-refractivity contribution is 6.14. The van der Waals surface area contributed by atoms with Gasteiger partial charge in [-0.05, 0) is 24.1 Å². The molecule has 2 aromatic carbocycles. The molecule has 0 saturated heterocycles. The van der Waals surface area contributed by atoms with E-state index in [9.17, 15) is 9.59 Å². The molecule has 2 aromatic rings. The van der Waals surface area contributed by atoms with Crippen molar-refractivity contribution in [1.29, 1.82) is 0 Å². The Kier molecular flexibility index (Phi) is 7.01. The largest absolute Gasteiger partial charge is 0.478 e. The van der Waals surface area contributed by atoms with Crippen molar-refractivity contribution in [3.63, 3.8) is 0 Å². The molecule has 0 aromatic heterocycles. The molecule has 0 heterocycles. The Bertz CT molecular complexity index is 701. The van der Waals surface area contributed by atoms with Crippen LogP contribution in [-0.2, 0) is 9.59 Å². The highest BCUT2D eigenvalue weighted by Gasteiger charge is 2.04. The summed E-state index contributed by atoms with van der Waals surface area (Å²) >= 11 is 0. The molecule has 0 bridgehead atoms. The van der Waals surface area contributed by atoms with Gasteiger partial charge < -0.3 is 10.2 Å². The van der Waals surface area contributed by atoms with Crippen LogP contribution in [0.1, 0.15) is 18.1 Å². The minimum absolute atomic E-state index is 0.130. The predicted molar refractivity (Wildman–Crippen MR) is 90.8 cm³/mol. The van der Waals surface area contributed by atoms with Crippen LogP contribution >= 0.6 is 0 Å². The second kappa shape index (κ2) is 9.00. The highest BCUT2D eigenvalue weighted by Crippen LogP contribution is 2.10.